The first-order valence-electron chi connectivity index (χ1n) is 9.59. The highest BCUT2D eigenvalue weighted by atomic mass is 32.2. The molecule has 6 heteroatoms. The minimum absolute atomic E-state index is 0.0294. The summed E-state index contributed by atoms with van der Waals surface area (Å²) in [4.78, 5) is 4.80. The van der Waals surface area contributed by atoms with Gasteiger partial charge in [-0.25, -0.2) is 13.4 Å². The Hall–Kier alpha value is -2.44. The largest absolute Gasteiger partial charge is 0.441 e. The zero-order valence-corrected chi connectivity index (χ0v) is 18.7. The zero-order valence-electron chi connectivity index (χ0n) is 17.9. The number of nitrogens with zero attached hydrogens (tertiary/aromatic N) is 2. The first kappa shape index (κ1) is 21.3. The van der Waals surface area contributed by atoms with Crippen LogP contribution in [0.15, 0.2) is 57.8 Å². The fraction of sp³-hybridized carbons (Fsp3) is 0.348. The summed E-state index contributed by atoms with van der Waals surface area (Å²) in [6, 6.07) is 15.0. The molecule has 3 aromatic rings. The van der Waals surface area contributed by atoms with Gasteiger partial charge in [-0.2, -0.15) is 4.31 Å². The molecule has 0 bridgehead atoms. The summed E-state index contributed by atoms with van der Waals surface area (Å²) >= 11 is 0. The lowest BCUT2D eigenvalue weighted by atomic mass is 9.87. The van der Waals surface area contributed by atoms with Crippen LogP contribution in [0, 0.1) is 13.8 Å². The van der Waals surface area contributed by atoms with E-state index in [9.17, 15) is 8.42 Å². The second-order valence-electron chi connectivity index (χ2n) is 8.42. The lowest BCUT2D eigenvalue weighted by Crippen LogP contribution is -2.27. The number of aryl methyl sites for hydroxylation is 2. The van der Waals surface area contributed by atoms with Gasteiger partial charge in [0.25, 0.3) is 0 Å². The maximum Gasteiger partial charge on any atom is 0.243 e. The van der Waals surface area contributed by atoms with E-state index in [1.165, 1.54) is 4.31 Å². The van der Waals surface area contributed by atoms with Gasteiger partial charge in [-0.1, -0.05) is 50.6 Å². The van der Waals surface area contributed by atoms with Crippen molar-refractivity contribution in [2.45, 2.75) is 51.5 Å². The second kappa shape index (κ2) is 7.76. The van der Waals surface area contributed by atoms with Crippen molar-refractivity contribution in [1.29, 1.82) is 0 Å². The van der Waals surface area contributed by atoms with Crippen molar-refractivity contribution in [3.8, 4) is 11.5 Å². The van der Waals surface area contributed by atoms with E-state index in [0.717, 1.165) is 16.7 Å². The third-order valence-electron chi connectivity index (χ3n) is 4.99. The summed E-state index contributed by atoms with van der Waals surface area (Å²) in [5.41, 5.74) is 3.69. The van der Waals surface area contributed by atoms with Gasteiger partial charge in [-0.3, -0.25) is 0 Å². The van der Waals surface area contributed by atoms with Crippen LogP contribution in [-0.4, -0.2) is 24.8 Å². The van der Waals surface area contributed by atoms with Crippen LogP contribution in [0.2, 0.25) is 0 Å². The van der Waals surface area contributed by atoms with Crippen molar-refractivity contribution in [2.24, 2.45) is 0 Å². The monoisotopic (exact) mass is 412 g/mol. The van der Waals surface area contributed by atoms with E-state index in [0.29, 0.717) is 17.3 Å². The number of benzene rings is 2. The lowest BCUT2D eigenvalue weighted by molar-refractivity contribution is 0.457. The summed E-state index contributed by atoms with van der Waals surface area (Å²) in [5, 5.41) is 0. The quantitative estimate of drug-likeness (QED) is 0.586. The predicted molar refractivity (Wildman–Crippen MR) is 115 cm³/mol. The molecule has 0 fully saturated rings. The Morgan fingerprint density at radius 1 is 0.966 bits per heavy atom. The number of hydrogen-bond donors (Lipinski definition) is 0. The molecule has 2 aromatic carbocycles. The van der Waals surface area contributed by atoms with Gasteiger partial charge in [0.1, 0.15) is 5.76 Å². The molecule has 0 amide bonds. The number of aromatic nitrogens is 1. The molecule has 0 unspecified atom stereocenters. The van der Waals surface area contributed by atoms with Gasteiger partial charge in [0.15, 0.2) is 0 Å². The van der Waals surface area contributed by atoms with Gasteiger partial charge in [-0.15, -0.1) is 0 Å². The standard InChI is InChI=1S/C23H28N2O3S/c1-16-7-9-18(10-8-16)22-24-21(17(2)28-22)15-25(6)29(26,27)20-13-11-19(12-14-20)23(3,4)5/h7-14H,15H2,1-6H3. The average Bonchev–Trinajstić information content (AvgIpc) is 3.02. The highest BCUT2D eigenvalue weighted by Crippen LogP contribution is 2.26. The summed E-state index contributed by atoms with van der Waals surface area (Å²) < 4.78 is 33.1. The molecule has 0 aliphatic rings. The molecule has 0 aliphatic heterocycles. The molecule has 0 saturated carbocycles. The Bertz CT molecular complexity index is 1090. The van der Waals surface area contributed by atoms with E-state index in [1.54, 1.807) is 26.1 Å². The fourth-order valence-corrected chi connectivity index (χ4v) is 4.13. The Kier molecular flexibility index (Phi) is 5.70. The Balaban J connectivity index is 1.82. The molecule has 0 aliphatic carbocycles. The van der Waals surface area contributed by atoms with Crippen LogP contribution >= 0.6 is 0 Å². The first-order valence-corrected chi connectivity index (χ1v) is 11.0. The van der Waals surface area contributed by atoms with Crippen LogP contribution in [0.4, 0.5) is 0 Å². The topological polar surface area (TPSA) is 63.4 Å². The number of rotatable bonds is 5. The van der Waals surface area contributed by atoms with Crippen LogP contribution in [0.3, 0.4) is 0 Å². The molecular formula is C23H28N2O3S. The highest BCUT2D eigenvalue weighted by Gasteiger charge is 2.24. The van der Waals surface area contributed by atoms with Crippen molar-refractivity contribution in [1.82, 2.24) is 9.29 Å². The van der Waals surface area contributed by atoms with Crippen molar-refractivity contribution in [3.63, 3.8) is 0 Å². The zero-order chi connectivity index (χ0) is 21.4. The van der Waals surface area contributed by atoms with Crippen LogP contribution in [-0.2, 0) is 22.0 Å². The van der Waals surface area contributed by atoms with Crippen molar-refractivity contribution >= 4 is 10.0 Å². The molecule has 0 spiro atoms. The smallest absolute Gasteiger partial charge is 0.243 e. The van der Waals surface area contributed by atoms with Crippen LogP contribution in [0.5, 0.6) is 0 Å². The van der Waals surface area contributed by atoms with Gasteiger partial charge >= 0.3 is 0 Å². The van der Waals surface area contributed by atoms with E-state index < -0.39 is 10.0 Å². The molecule has 154 valence electrons. The van der Waals surface area contributed by atoms with Gasteiger partial charge in [0.05, 0.1) is 17.1 Å². The minimum Gasteiger partial charge on any atom is -0.441 e. The van der Waals surface area contributed by atoms with E-state index in [2.05, 4.69) is 25.8 Å². The molecular weight excluding hydrogens is 384 g/mol. The summed E-state index contributed by atoms with van der Waals surface area (Å²) in [6.45, 7) is 10.3. The normalized spacial score (nSPS) is 12.5. The minimum atomic E-state index is -3.63. The molecule has 1 aromatic heterocycles. The van der Waals surface area contributed by atoms with Crippen molar-refractivity contribution in [2.75, 3.05) is 7.05 Å². The molecule has 0 radical (unpaired) electrons. The molecule has 5 nitrogen and oxygen atoms in total. The van der Waals surface area contributed by atoms with Gasteiger partial charge in [0.2, 0.25) is 15.9 Å². The van der Waals surface area contributed by atoms with Crippen LogP contribution in [0.25, 0.3) is 11.5 Å². The number of hydrogen-bond acceptors (Lipinski definition) is 4. The lowest BCUT2D eigenvalue weighted by Gasteiger charge is -2.20. The van der Waals surface area contributed by atoms with Crippen LogP contribution in [0.1, 0.15) is 43.4 Å². The summed E-state index contributed by atoms with van der Waals surface area (Å²) in [7, 11) is -2.06. The number of oxazole rings is 1. The van der Waals surface area contributed by atoms with Gasteiger partial charge in [0, 0.05) is 12.6 Å². The molecule has 0 atom stereocenters. The van der Waals surface area contributed by atoms with Gasteiger partial charge < -0.3 is 4.42 Å². The summed E-state index contributed by atoms with van der Waals surface area (Å²) in [6.07, 6.45) is 0. The highest BCUT2D eigenvalue weighted by molar-refractivity contribution is 7.89. The molecule has 3 rings (SSSR count). The Morgan fingerprint density at radius 2 is 1.55 bits per heavy atom. The number of sulfonamides is 1. The molecule has 0 saturated heterocycles. The third kappa shape index (κ3) is 4.60. The van der Waals surface area contributed by atoms with Crippen molar-refractivity contribution in [3.05, 3.63) is 71.1 Å². The Labute approximate surface area is 173 Å². The summed E-state index contributed by atoms with van der Waals surface area (Å²) in [5.74, 6) is 1.11. The van der Waals surface area contributed by atoms with Crippen molar-refractivity contribution < 1.29 is 12.8 Å². The predicted octanol–water partition coefficient (Wildman–Crippen LogP) is 5.08. The molecule has 29 heavy (non-hydrogen) atoms. The molecule has 0 N–H and O–H groups in total. The maximum absolute atomic E-state index is 13.0. The maximum atomic E-state index is 13.0. The SMILES string of the molecule is Cc1ccc(-c2nc(CN(C)S(=O)(=O)c3ccc(C(C)(C)C)cc3)c(C)o2)cc1. The Morgan fingerprint density at radius 3 is 2.10 bits per heavy atom. The third-order valence-corrected chi connectivity index (χ3v) is 6.81. The fourth-order valence-electron chi connectivity index (χ4n) is 3.00. The first-order chi connectivity index (χ1) is 13.5. The average molecular weight is 413 g/mol. The van der Waals surface area contributed by atoms with Gasteiger partial charge in [-0.05, 0) is 49.1 Å². The van der Waals surface area contributed by atoms with E-state index >= 15 is 0 Å². The van der Waals surface area contributed by atoms with E-state index in [1.807, 2.05) is 43.3 Å². The van der Waals surface area contributed by atoms with E-state index in [-0.39, 0.29) is 16.9 Å². The van der Waals surface area contributed by atoms with E-state index in [4.69, 9.17) is 4.42 Å². The van der Waals surface area contributed by atoms with Crippen LogP contribution < -0.4 is 0 Å². The molecule has 1 heterocycles. The second-order valence-corrected chi connectivity index (χ2v) is 10.5.